The Morgan fingerprint density at radius 3 is 0.968 bits per heavy atom. The van der Waals surface area contributed by atoms with Gasteiger partial charge in [0.1, 0.15) is 5.41 Å². The van der Waals surface area contributed by atoms with Crippen molar-refractivity contribution in [3.05, 3.63) is 240 Å². The van der Waals surface area contributed by atoms with Crippen molar-refractivity contribution in [1.29, 1.82) is 0 Å². The molecule has 0 saturated carbocycles. The quantitative estimate of drug-likeness (QED) is 0.0729. The summed E-state index contributed by atoms with van der Waals surface area (Å²) in [6.07, 6.45) is 0.901. The van der Waals surface area contributed by atoms with Gasteiger partial charge < -0.3 is 20.8 Å². The molecule has 2 unspecified atom stereocenters. The summed E-state index contributed by atoms with van der Waals surface area (Å²) < 4.78 is 0. The summed E-state index contributed by atoms with van der Waals surface area (Å²) in [6, 6.07) is 65.2. The standard InChI is InChI=1S/C57H54N2O4/c1-55(2,53(60)58-51(49-33-31-45-27-15-17-29-47(45)35-49)56(62,37-41-19-7-3-8-20-41)38-42-21-9-4-10-22-42)54(61)59-52(50-34-32-46-28-16-18-30-48(46)36-50)57(63,39-43-23-11-5-12-24-43)40-44-25-13-6-14-26-44/h3-36,51-52,62-63H,37-40H2,1-2H3,(H,58,60)(H,59,61). The third kappa shape index (κ3) is 9.94. The Kier molecular flexibility index (Phi) is 12.7. The molecule has 0 bridgehead atoms. The summed E-state index contributed by atoms with van der Waals surface area (Å²) in [5.41, 5.74) is 0.294. The number of fused-ring (bicyclic) bond motifs is 2. The fraction of sp³-hybridized carbons (Fsp3) is 0.193. The molecule has 0 saturated heterocycles. The van der Waals surface area contributed by atoms with Crippen molar-refractivity contribution in [3.8, 4) is 0 Å². The van der Waals surface area contributed by atoms with E-state index in [1.54, 1.807) is 13.8 Å². The fourth-order valence-electron chi connectivity index (χ4n) is 8.89. The molecule has 0 aromatic heterocycles. The first kappa shape index (κ1) is 42.8. The smallest absolute Gasteiger partial charge is 0.235 e. The first-order valence-corrected chi connectivity index (χ1v) is 21.7. The highest BCUT2D eigenvalue weighted by Gasteiger charge is 2.47. The van der Waals surface area contributed by atoms with Gasteiger partial charge in [-0.15, -0.1) is 0 Å². The number of hydrogen-bond donors (Lipinski definition) is 4. The number of aliphatic hydroxyl groups is 2. The SMILES string of the molecule is CC(C)(C(=O)NC(c1ccc2ccccc2c1)C(O)(Cc1ccccc1)Cc1ccccc1)C(=O)NC(c1ccc2ccccc2c1)C(O)(Cc1ccccc1)Cc1ccccc1. The molecule has 0 spiro atoms. The number of hydrogen-bond acceptors (Lipinski definition) is 4. The first-order chi connectivity index (χ1) is 30.5. The van der Waals surface area contributed by atoms with Gasteiger partial charge in [0.15, 0.2) is 0 Å². The monoisotopic (exact) mass is 830 g/mol. The molecule has 6 nitrogen and oxygen atoms in total. The normalized spacial score (nSPS) is 13.0. The third-order valence-electron chi connectivity index (χ3n) is 12.4. The lowest BCUT2D eigenvalue weighted by Gasteiger charge is -2.41. The van der Waals surface area contributed by atoms with Crippen LogP contribution in [0.25, 0.3) is 21.5 Å². The minimum Gasteiger partial charge on any atom is -0.387 e. The molecule has 8 aromatic carbocycles. The molecule has 0 aliphatic rings. The molecule has 4 N–H and O–H groups in total. The lowest BCUT2D eigenvalue weighted by molar-refractivity contribution is -0.145. The van der Waals surface area contributed by atoms with Crippen molar-refractivity contribution < 1.29 is 19.8 Å². The molecular formula is C57H54N2O4. The number of rotatable bonds is 16. The molecule has 316 valence electrons. The van der Waals surface area contributed by atoms with Crippen LogP contribution in [-0.4, -0.2) is 33.2 Å². The Labute approximate surface area is 370 Å². The van der Waals surface area contributed by atoms with Gasteiger partial charge in [-0.1, -0.05) is 194 Å². The Bertz CT molecular complexity index is 2520. The van der Waals surface area contributed by atoms with Gasteiger partial charge in [0.05, 0.1) is 23.3 Å². The number of nitrogens with one attached hydrogen (secondary N) is 2. The van der Waals surface area contributed by atoms with Crippen LogP contribution in [0.15, 0.2) is 206 Å². The number of amides is 2. The van der Waals surface area contributed by atoms with Gasteiger partial charge in [0, 0.05) is 25.7 Å². The average Bonchev–Trinajstić information content (AvgIpc) is 3.30. The molecule has 8 aromatic rings. The van der Waals surface area contributed by atoms with Gasteiger partial charge in [0.25, 0.3) is 0 Å². The molecular weight excluding hydrogens is 777 g/mol. The van der Waals surface area contributed by atoms with E-state index in [4.69, 9.17) is 0 Å². The van der Waals surface area contributed by atoms with Crippen LogP contribution in [0, 0.1) is 5.41 Å². The van der Waals surface area contributed by atoms with Crippen LogP contribution < -0.4 is 10.6 Å². The molecule has 2 amide bonds. The maximum absolute atomic E-state index is 15.1. The van der Waals surface area contributed by atoms with Crippen LogP contribution >= 0.6 is 0 Å². The second-order valence-corrected chi connectivity index (χ2v) is 17.5. The predicted octanol–water partition coefficient (Wildman–Crippen LogP) is 10.5. The van der Waals surface area contributed by atoms with Crippen molar-refractivity contribution in [3.63, 3.8) is 0 Å². The van der Waals surface area contributed by atoms with Crippen LogP contribution in [0.3, 0.4) is 0 Å². The van der Waals surface area contributed by atoms with Crippen LogP contribution in [0.2, 0.25) is 0 Å². The van der Waals surface area contributed by atoms with E-state index in [0.29, 0.717) is 11.1 Å². The van der Waals surface area contributed by atoms with Crippen LogP contribution in [0.1, 0.15) is 59.3 Å². The van der Waals surface area contributed by atoms with Gasteiger partial charge in [-0.25, -0.2) is 0 Å². The predicted molar refractivity (Wildman–Crippen MR) is 254 cm³/mol. The zero-order valence-electron chi connectivity index (χ0n) is 35.8. The van der Waals surface area contributed by atoms with Gasteiger partial charge in [-0.05, 0) is 80.9 Å². The highest BCUT2D eigenvalue weighted by molar-refractivity contribution is 6.04. The molecule has 0 fully saturated rings. The fourth-order valence-corrected chi connectivity index (χ4v) is 8.89. The summed E-state index contributed by atoms with van der Waals surface area (Å²) in [7, 11) is 0. The van der Waals surface area contributed by atoms with Crippen LogP contribution in [-0.2, 0) is 35.3 Å². The summed E-state index contributed by atoms with van der Waals surface area (Å²) in [6.45, 7) is 3.21. The maximum atomic E-state index is 15.1. The summed E-state index contributed by atoms with van der Waals surface area (Å²) in [5.74, 6) is -1.13. The van der Waals surface area contributed by atoms with Crippen molar-refractivity contribution >= 4 is 33.4 Å². The molecule has 6 heteroatoms. The lowest BCUT2D eigenvalue weighted by atomic mass is 9.77. The zero-order chi connectivity index (χ0) is 43.9. The minimum absolute atomic E-state index is 0.225. The molecule has 2 atom stereocenters. The topological polar surface area (TPSA) is 98.7 Å². The van der Waals surface area contributed by atoms with Crippen LogP contribution in [0.5, 0.6) is 0 Å². The van der Waals surface area contributed by atoms with Crippen molar-refractivity contribution in [2.24, 2.45) is 5.41 Å². The summed E-state index contributed by atoms with van der Waals surface area (Å²) in [5, 5.41) is 36.8. The molecule has 63 heavy (non-hydrogen) atoms. The Hall–Kier alpha value is -6.86. The summed E-state index contributed by atoms with van der Waals surface area (Å²) >= 11 is 0. The third-order valence-corrected chi connectivity index (χ3v) is 12.4. The summed E-state index contributed by atoms with van der Waals surface area (Å²) in [4.78, 5) is 30.2. The van der Waals surface area contributed by atoms with Gasteiger partial charge in [-0.2, -0.15) is 0 Å². The highest BCUT2D eigenvalue weighted by Crippen LogP contribution is 2.38. The maximum Gasteiger partial charge on any atom is 0.235 e. The van der Waals surface area contributed by atoms with E-state index in [1.807, 2.05) is 206 Å². The van der Waals surface area contributed by atoms with Crippen LogP contribution in [0.4, 0.5) is 0 Å². The van der Waals surface area contributed by atoms with E-state index in [9.17, 15) is 10.2 Å². The number of carbonyl (C=O) groups excluding carboxylic acids is 2. The zero-order valence-corrected chi connectivity index (χ0v) is 35.8. The van der Waals surface area contributed by atoms with E-state index >= 15 is 9.59 Å². The lowest BCUT2D eigenvalue weighted by Crippen LogP contribution is -2.57. The van der Waals surface area contributed by atoms with E-state index in [0.717, 1.165) is 43.8 Å². The Morgan fingerprint density at radius 1 is 0.397 bits per heavy atom. The molecule has 8 rings (SSSR count). The van der Waals surface area contributed by atoms with Crippen molar-refractivity contribution in [2.75, 3.05) is 0 Å². The largest absolute Gasteiger partial charge is 0.387 e. The number of benzene rings is 8. The van der Waals surface area contributed by atoms with E-state index < -0.39 is 40.5 Å². The van der Waals surface area contributed by atoms with E-state index in [-0.39, 0.29) is 25.7 Å². The van der Waals surface area contributed by atoms with E-state index in [1.165, 1.54) is 0 Å². The molecule has 0 radical (unpaired) electrons. The molecule has 0 heterocycles. The Balaban J connectivity index is 1.19. The molecule has 0 aliphatic carbocycles. The molecule has 0 aliphatic heterocycles. The van der Waals surface area contributed by atoms with Gasteiger partial charge in [-0.3, -0.25) is 9.59 Å². The first-order valence-electron chi connectivity index (χ1n) is 21.7. The van der Waals surface area contributed by atoms with Gasteiger partial charge in [0.2, 0.25) is 11.8 Å². The Morgan fingerprint density at radius 2 is 0.667 bits per heavy atom. The van der Waals surface area contributed by atoms with Gasteiger partial charge >= 0.3 is 0 Å². The van der Waals surface area contributed by atoms with Crippen molar-refractivity contribution in [2.45, 2.75) is 62.8 Å². The average molecular weight is 831 g/mol. The van der Waals surface area contributed by atoms with Crippen molar-refractivity contribution in [1.82, 2.24) is 10.6 Å². The number of carbonyl (C=O) groups is 2. The highest BCUT2D eigenvalue weighted by atomic mass is 16.3. The second-order valence-electron chi connectivity index (χ2n) is 17.5. The van der Waals surface area contributed by atoms with E-state index in [2.05, 4.69) is 10.6 Å². The minimum atomic E-state index is -1.68. The second kappa shape index (κ2) is 18.6.